The van der Waals surface area contributed by atoms with Gasteiger partial charge in [0.05, 0.1) is 13.2 Å². The van der Waals surface area contributed by atoms with E-state index in [9.17, 15) is 4.79 Å². The molecule has 0 aliphatic carbocycles. The smallest absolute Gasteiger partial charge is 0.359 e. The Morgan fingerprint density at radius 1 is 1.80 bits per heavy atom. The van der Waals surface area contributed by atoms with Gasteiger partial charge in [-0.3, -0.25) is 4.68 Å². The molecule has 0 spiro atoms. The molecule has 0 fully saturated rings. The zero-order valence-electron chi connectivity index (χ0n) is 8.54. The third-order valence-corrected chi connectivity index (χ3v) is 1.68. The normalized spacial score (nSPS) is 9.47. The minimum atomic E-state index is -0.499. The molecule has 0 aliphatic rings. The molecule has 0 saturated carbocycles. The first-order valence-electron chi connectivity index (χ1n) is 4.39. The van der Waals surface area contributed by atoms with Crippen LogP contribution in [0.5, 0.6) is 0 Å². The maximum absolute atomic E-state index is 11.4. The number of hydrogen-bond acceptors (Lipinski definition) is 4. The van der Waals surface area contributed by atoms with Crippen molar-refractivity contribution in [2.75, 3.05) is 6.61 Å². The Hall–Kier alpha value is -2.01. The minimum Gasteiger partial charge on any atom is -0.461 e. The number of hydrogen-bond donors (Lipinski definition) is 0. The quantitative estimate of drug-likeness (QED) is 0.324. The number of esters is 1. The Bertz CT molecular complexity index is 405. The zero-order valence-corrected chi connectivity index (χ0v) is 8.54. The first-order chi connectivity index (χ1) is 7.19. The standard InChI is InChI=1S/C8H11N5O2/c1-3-15-8(14)7-6(4-10-12-9)5-13(2)11-7/h5H,3-4H2,1-2H3. The lowest BCUT2D eigenvalue weighted by atomic mass is 10.2. The van der Waals surface area contributed by atoms with Crippen molar-refractivity contribution in [3.8, 4) is 0 Å². The van der Waals surface area contributed by atoms with Gasteiger partial charge in [0.25, 0.3) is 0 Å². The molecule has 0 aliphatic heterocycles. The second kappa shape index (κ2) is 5.02. The highest BCUT2D eigenvalue weighted by molar-refractivity contribution is 5.88. The van der Waals surface area contributed by atoms with Crippen LogP contribution in [0.3, 0.4) is 0 Å². The average Bonchev–Trinajstić information content (AvgIpc) is 2.57. The predicted octanol–water partition coefficient (Wildman–Crippen LogP) is 1.41. The summed E-state index contributed by atoms with van der Waals surface area (Å²) in [5.41, 5.74) is 8.95. The van der Waals surface area contributed by atoms with E-state index in [0.717, 1.165) is 0 Å². The highest BCUT2D eigenvalue weighted by Gasteiger charge is 2.16. The molecule has 0 saturated heterocycles. The van der Waals surface area contributed by atoms with Crippen molar-refractivity contribution in [1.82, 2.24) is 9.78 Å². The van der Waals surface area contributed by atoms with Crippen molar-refractivity contribution < 1.29 is 9.53 Å². The molecule has 0 bridgehead atoms. The first kappa shape index (κ1) is 11.1. The van der Waals surface area contributed by atoms with E-state index < -0.39 is 5.97 Å². The molecule has 15 heavy (non-hydrogen) atoms. The monoisotopic (exact) mass is 209 g/mol. The van der Waals surface area contributed by atoms with Crippen LogP contribution in [0.2, 0.25) is 0 Å². The topological polar surface area (TPSA) is 92.9 Å². The van der Waals surface area contributed by atoms with Crippen LogP contribution in [0.25, 0.3) is 10.4 Å². The largest absolute Gasteiger partial charge is 0.461 e. The van der Waals surface area contributed by atoms with Gasteiger partial charge in [-0.1, -0.05) is 5.11 Å². The molecular weight excluding hydrogens is 198 g/mol. The van der Waals surface area contributed by atoms with Gasteiger partial charge in [-0.05, 0) is 12.5 Å². The molecule has 1 aromatic rings. The van der Waals surface area contributed by atoms with Crippen molar-refractivity contribution in [2.45, 2.75) is 13.5 Å². The predicted molar refractivity (Wildman–Crippen MR) is 52.0 cm³/mol. The van der Waals surface area contributed by atoms with Crippen LogP contribution >= 0.6 is 0 Å². The number of carbonyl (C=O) groups excluding carboxylic acids is 1. The van der Waals surface area contributed by atoms with Gasteiger partial charge in [-0.15, -0.1) is 0 Å². The molecule has 7 heteroatoms. The van der Waals surface area contributed by atoms with Crippen molar-refractivity contribution in [1.29, 1.82) is 0 Å². The summed E-state index contributed by atoms with van der Waals surface area (Å²) in [7, 11) is 1.68. The molecule has 1 aromatic heterocycles. The van der Waals surface area contributed by atoms with Crippen LogP contribution in [0, 0.1) is 0 Å². The third-order valence-electron chi connectivity index (χ3n) is 1.68. The van der Waals surface area contributed by atoms with Crippen LogP contribution in [-0.4, -0.2) is 22.4 Å². The fourth-order valence-corrected chi connectivity index (χ4v) is 1.13. The number of ether oxygens (including phenoxy) is 1. The van der Waals surface area contributed by atoms with Crippen LogP contribution in [0.4, 0.5) is 0 Å². The van der Waals surface area contributed by atoms with E-state index in [-0.39, 0.29) is 18.8 Å². The Morgan fingerprint density at radius 2 is 2.53 bits per heavy atom. The van der Waals surface area contributed by atoms with Crippen LogP contribution in [0.1, 0.15) is 23.0 Å². The molecule has 1 heterocycles. The van der Waals surface area contributed by atoms with E-state index in [1.54, 1.807) is 20.2 Å². The van der Waals surface area contributed by atoms with Crippen LogP contribution < -0.4 is 0 Å². The van der Waals surface area contributed by atoms with E-state index in [1.165, 1.54) is 4.68 Å². The lowest BCUT2D eigenvalue weighted by Crippen LogP contribution is -2.08. The number of aromatic nitrogens is 2. The average molecular weight is 209 g/mol. The summed E-state index contributed by atoms with van der Waals surface area (Å²) in [4.78, 5) is 14.0. The number of rotatable bonds is 4. The van der Waals surface area contributed by atoms with E-state index in [2.05, 4.69) is 15.1 Å². The van der Waals surface area contributed by atoms with Gasteiger partial charge in [-0.2, -0.15) is 5.10 Å². The lowest BCUT2D eigenvalue weighted by Gasteiger charge is -1.98. The first-order valence-corrected chi connectivity index (χ1v) is 4.39. The molecule has 0 radical (unpaired) electrons. The summed E-state index contributed by atoms with van der Waals surface area (Å²) in [6.07, 6.45) is 1.63. The Kier molecular flexibility index (Phi) is 3.70. The highest BCUT2D eigenvalue weighted by Crippen LogP contribution is 2.09. The highest BCUT2D eigenvalue weighted by atomic mass is 16.5. The lowest BCUT2D eigenvalue weighted by molar-refractivity contribution is 0.0517. The Labute approximate surface area is 86.3 Å². The van der Waals surface area contributed by atoms with Crippen LogP contribution in [0.15, 0.2) is 11.3 Å². The van der Waals surface area contributed by atoms with Crippen LogP contribution in [-0.2, 0) is 18.3 Å². The number of nitrogens with zero attached hydrogens (tertiary/aromatic N) is 5. The molecule has 0 N–H and O–H groups in total. The molecular formula is C8H11N5O2. The van der Waals surface area contributed by atoms with E-state index >= 15 is 0 Å². The summed E-state index contributed by atoms with van der Waals surface area (Å²) in [5.74, 6) is -0.499. The van der Waals surface area contributed by atoms with Gasteiger partial charge in [0.2, 0.25) is 0 Å². The zero-order chi connectivity index (χ0) is 11.3. The van der Waals surface area contributed by atoms with E-state index in [0.29, 0.717) is 5.56 Å². The molecule has 80 valence electrons. The molecule has 1 rings (SSSR count). The van der Waals surface area contributed by atoms with Crippen molar-refractivity contribution >= 4 is 5.97 Å². The van der Waals surface area contributed by atoms with Gasteiger partial charge in [0, 0.05) is 23.7 Å². The van der Waals surface area contributed by atoms with E-state index in [1.807, 2.05) is 0 Å². The van der Waals surface area contributed by atoms with Gasteiger partial charge < -0.3 is 4.74 Å². The number of aryl methyl sites for hydroxylation is 1. The van der Waals surface area contributed by atoms with Gasteiger partial charge in [0.1, 0.15) is 0 Å². The molecule has 0 atom stereocenters. The summed E-state index contributed by atoms with van der Waals surface area (Å²) < 4.78 is 6.29. The fourth-order valence-electron chi connectivity index (χ4n) is 1.13. The molecule has 7 nitrogen and oxygen atoms in total. The fraction of sp³-hybridized carbons (Fsp3) is 0.500. The van der Waals surface area contributed by atoms with Crippen molar-refractivity contribution in [3.63, 3.8) is 0 Å². The second-order valence-corrected chi connectivity index (χ2v) is 2.79. The second-order valence-electron chi connectivity index (χ2n) is 2.79. The maximum Gasteiger partial charge on any atom is 0.359 e. The van der Waals surface area contributed by atoms with Gasteiger partial charge >= 0.3 is 5.97 Å². The minimum absolute atomic E-state index is 0.0957. The third kappa shape index (κ3) is 2.72. The Morgan fingerprint density at radius 3 is 3.13 bits per heavy atom. The summed E-state index contributed by atoms with van der Waals surface area (Å²) >= 11 is 0. The van der Waals surface area contributed by atoms with Gasteiger partial charge in [-0.25, -0.2) is 4.79 Å². The number of carbonyl (C=O) groups is 1. The summed E-state index contributed by atoms with van der Waals surface area (Å²) in [5, 5.41) is 7.32. The Balaban J connectivity index is 2.94. The van der Waals surface area contributed by atoms with Crippen molar-refractivity contribution in [2.24, 2.45) is 12.2 Å². The molecule has 0 unspecified atom stereocenters. The SMILES string of the molecule is CCOC(=O)c1nn(C)cc1CN=[N+]=[N-]. The molecule has 0 amide bonds. The number of azide groups is 1. The van der Waals surface area contributed by atoms with E-state index in [4.69, 9.17) is 10.3 Å². The maximum atomic E-state index is 11.4. The van der Waals surface area contributed by atoms with Gasteiger partial charge in [0.15, 0.2) is 5.69 Å². The summed E-state index contributed by atoms with van der Waals surface area (Å²) in [6.45, 7) is 2.10. The van der Waals surface area contributed by atoms with Crippen molar-refractivity contribution in [3.05, 3.63) is 27.9 Å². The molecule has 0 aromatic carbocycles. The summed E-state index contributed by atoms with van der Waals surface area (Å²) in [6, 6.07) is 0.